The van der Waals surface area contributed by atoms with Crippen molar-refractivity contribution in [2.45, 2.75) is 26.2 Å². The smallest absolute Gasteiger partial charge is 0.343 e. The molecule has 8 nitrogen and oxygen atoms in total. The summed E-state index contributed by atoms with van der Waals surface area (Å²) in [5.74, 6) is -3.10. The number of carbonyl (C=O) groups is 5. The molecule has 1 aliphatic carbocycles. The number of nitrogens with zero attached hydrogens (tertiary/aromatic N) is 2. The lowest BCUT2D eigenvalue weighted by molar-refractivity contribution is -0.154. The summed E-state index contributed by atoms with van der Waals surface area (Å²) >= 11 is 5.98. The summed E-state index contributed by atoms with van der Waals surface area (Å²) in [5, 5.41) is 2.24. The number of hydrazine groups is 1. The quantitative estimate of drug-likeness (QED) is 0.170. The van der Waals surface area contributed by atoms with Crippen LogP contribution in [0, 0.1) is 17.8 Å². The zero-order chi connectivity index (χ0) is 28.4. The molecule has 3 amide bonds. The molecule has 3 aromatic carbocycles. The molecule has 0 unspecified atom stereocenters. The van der Waals surface area contributed by atoms with E-state index in [1.165, 1.54) is 48.5 Å². The second kappa shape index (κ2) is 11.4. The number of esters is 1. The topological polar surface area (TPSA) is 101 Å². The van der Waals surface area contributed by atoms with E-state index in [1.54, 1.807) is 30.3 Å². The maximum Gasteiger partial charge on any atom is 0.343 e. The van der Waals surface area contributed by atoms with Gasteiger partial charge in [0.1, 0.15) is 12.3 Å². The fourth-order valence-electron chi connectivity index (χ4n) is 5.26. The molecule has 0 bridgehead atoms. The molecular formula is C31H27ClN2O6. The fraction of sp³-hybridized carbons (Fsp3) is 0.258. The molecule has 0 N–H and O–H groups in total. The zero-order valence-electron chi connectivity index (χ0n) is 21.8. The van der Waals surface area contributed by atoms with E-state index >= 15 is 0 Å². The molecular weight excluding hydrogens is 532 g/mol. The van der Waals surface area contributed by atoms with Crippen LogP contribution in [0.4, 0.5) is 0 Å². The van der Waals surface area contributed by atoms with E-state index in [9.17, 15) is 24.0 Å². The second-order valence-corrected chi connectivity index (χ2v) is 10.6. The van der Waals surface area contributed by atoms with E-state index in [-0.39, 0.29) is 22.8 Å². The standard InChI is InChI=1S/C31H27ClN2O6/c1-19-7-16-25-26(17-19)30(38)34(29(25)37)33(28(36)21-8-12-23(32)13-9-21)18-27(35)20-10-14-24(15-11-20)40-31(39)22-5-3-2-4-6-22/h2-6,8-15,19,25-26H,7,16-18H2,1H3/t19-,25+,26+/m1/s1. The summed E-state index contributed by atoms with van der Waals surface area (Å²) < 4.78 is 5.37. The number of amides is 3. The van der Waals surface area contributed by atoms with Crippen LogP contribution in [0.1, 0.15) is 57.3 Å². The molecule has 9 heteroatoms. The lowest BCUT2D eigenvalue weighted by atomic mass is 9.76. The van der Waals surface area contributed by atoms with E-state index in [0.29, 0.717) is 23.4 Å². The van der Waals surface area contributed by atoms with Crippen LogP contribution in [0.3, 0.4) is 0 Å². The minimum absolute atomic E-state index is 0.184. The molecule has 1 aliphatic heterocycles. The molecule has 5 rings (SSSR count). The molecule has 1 saturated carbocycles. The van der Waals surface area contributed by atoms with Crippen LogP contribution >= 0.6 is 11.6 Å². The first-order valence-corrected chi connectivity index (χ1v) is 13.5. The minimum atomic E-state index is -0.660. The van der Waals surface area contributed by atoms with Crippen molar-refractivity contribution in [3.63, 3.8) is 0 Å². The summed E-state index contributed by atoms with van der Waals surface area (Å²) in [6.07, 6.45) is 1.94. The van der Waals surface area contributed by atoms with Crippen molar-refractivity contribution in [3.05, 3.63) is 101 Å². The van der Waals surface area contributed by atoms with Crippen LogP contribution in [0.5, 0.6) is 5.75 Å². The number of fused-ring (bicyclic) bond motifs is 1. The number of Topliss-reactive ketones (excluding diaryl/α,β-unsaturated/α-hetero) is 1. The third-order valence-electron chi connectivity index (χ3n) is 7.42. The minimum Gasteiger partial charge on any atom is -0.423 e. The summed E-state index contributed by atoms with van der Waals surface area (Å²) in [5.41, 5.74) is 0.789. The molecule has 2 aliphatic rings. The Morgan fingerprint density at radius 2 is 1.45 bits per heavy atom. The average Bonchev–Trinajstić information content (AvgIpc) is 3.21. The van der Waals surface area contributed by atoms with Crippen LogP contribution < -0.4 is 4.74 Å². The van der Waals surface area contributed by atoms with E-state index in [0.717, 1.165) is 16.4 Å². The summed E-state index contributed by atoms with van der Waals surface area (Å²) in [6, 6.07) is 20.4. The van der Waals surface area contributed by atoms with Gasteiger partial charge >= 0.3 is 5.97 Å². The number of ketones is 1. The lowest BCUT2D eigenvalue weighted by Crippen LogP contribution is -2.52. The monoisotopic (exact) mass is 558 g/mol. The molecule has 40 heavy (non-hydrogen) atoms. The van der Waals surface area contributed by atoms with Crippen molar-refractivity contribution >= 4 is 41.1 Å². The number of carbonyl (C=O) groups excluding carboxylic acids is 5. The zero-order valence-corrected chi connectivity index (χ0v) is 22.5. The van der Waals surface area contributed by atoms with E-state index < -0.39 is 47.9 Å². The van der Waals surface area contributed by atoms with Crippen LogP contribution in [-0.2, 0) is 9.59 Å². The number of rotatable bonds is 7. The SMILES string of the molecule is C[C@@H]1CC[C@@H]2C(=O)N(N(CC(=O)c3ccc(OC(=O)c4ccccc4)cc3)C(=O)c3ccc(Cl)cc3)C(=O)[C@H]2C1. The Morgan fingerprint density at radius 3 is 2.12 bits per heavy atom. The van der Waals surface area contributed by atoms with Crippen LogP contribution in [0.25, 0.3) is 0 Å². The van der Waals surface area contributed by atoms with Gasteiger partial charge in [-0.3, -0.25) is 19.2 Å². The Balaban J connectivity index is 1.38. The first-order chi connectivity index (χ1) is 19.2. The highest BCUT2D eigenvalue weighted by Gasteiger charge is 2.52. The average molecular weight is 559 g/mol. The van der Waals surface area contributed by atoms with Crippen molar-refractivity contribution < 1.29 is 28.7 Å². The maximum atomic E-state index is 13.6. The van der Waals surface area contributed by atoms with Crippen LogP contribution in [0.2, 0.25) is 5.02 Å². The van der Waals surface area contributed by atoms with Crippen LogP contribution in [0.15, 0.2) is 78.9 Å². The number of benzene rings is 3. The third kappa shape index (κ3) is 5.53. The fourth-order valence-corrected chi connectivity index (χ4v) is 5.39. The summed E-state index contributed by atoms with van der Waals surface area (Å²) in [4.78, 5) is 66.1. The van der Waals surface area contributed by atoms with Gasteiger partial charge in [-0.1, -0.05) is 36.7 Å². The van der Waals surface area contributed by atoms with E-state index in [1.807, 2.05) is 6.92 Å². The van der Waals surface area contributed by atoms with Crippen molar-refractivity contribution in [1.82, 2.24) is 10.0 Å². The predicted molar refractivity (Wildman–Crippen MR) is 147 cm³/mol. The maximum absolute atomic E-state index is 13.6. The Labute approximate surface area is 236 Å². The largest absolute Gasteiger partial charge is 0.423 e. The van der Waals surface area contributed by atoms with Crippen LogP contribution in [-0.4, -0.2) is 46.0 Å². The highest BCUT2D eigenvalue weighted by molar-refractivity contribution is 6.30. The van der Waals surface area contributed by atoms with Crippen molar-refractivity contribution in [2.75, 3.05) is 6.54 Å². The molecule has 0 spiro atoms. The van der Waals surface area contributed by atoms with Crippen molar-refractivity contribution in [2.24, 2.45) is 17.8 Å². The molecule has 0 radical (unpaired) electrons. The van der Waals surface area contributed by atoms with Gasteiger partial charge in [0, 0.05) is 16.1 Å². The normalized spacial score (nSPS) is 20.1. The Bertz CT molecular complexity index is 1460. The van der Waals surface area contributed by atoms with Gasteiger partial charge in [0.15, 0.2) is 5.78 Å². The Kier molecular flexibility index (Phi) is 7.80. The number of halogens is 1. The summed E-state index contributed by atoms with van der Waals surface area (Å²) in [7, 11) is 0. The molecule has 0 aromatic heterocycles. The van der Waals surface area contributed by atoms with Gasteiger partial charge in [-0.15, -0.1) is 0 Å². The van der Waals surface area contributed by atoms with Gasteiger partial charge in [0.2, 0.25) is 0 Å². The number of imide groups is 1. The van der Waals surface area contributed by atoms with Crippen molar-refractivity contribution in [1.29, 1.82) is 0 Å². The first-order valence-electron chi connectivity index (χ1n) is 13.1. The highest BCUT2D eigenvalue weighted by Crippen LogP contribution is 2.41. The van der Waals surface area contributed by atoms with Gasteiger partial charge in [-0.25, -0.2) is 9.80 Å². The second-order valence-electron chi connectivity index (χ2n) is 10.2. The lowest BCUT2D eigenvalue weighted by Gasteiger charge is -2.30. The molecule has 3 atom stereocenters. The first kappa shape index (κ1) is 27.3. The Morgan fingerprint density at radius 1 is 0.825 bits per heavy atom. The number of ether oxygens (including phenoxy) is 1. The van der Waals surface area contributed by atoms with Gasteiger partial charge < -0.3 is 4.74 Å². The molecule has 3 aromatic rings. The number of hydrogen-bond acceptors (Lipinski definition) is 6. The van der Waals surface area contributed by atoms with Gasteiger partial charge in [-0.05, 0) is 85.8 Å². The molecule has 2 fully saturated rings. The highest BCUT2D eigenvalue weighted by atomic mass is 35.5. The predicted octanol–water partition coefficient (Wildman–Crippen LogP) is 5.22. The van der Waals surface area contributed by atoms with Gasteiger partial charge in [0.05, 0.1) is 17.4 Å². The Hall–Kier alpha value is -4.30. The van der Waals surface area contributed by atoms with E-state index in [2.05, 4.69) is 0 Å². The van der Waals surface area contributed by atoms with Crippen molar-refractivity contribution in [3.8, 4) is 5.75 Å². The number of hydrogen-bond donors (Lipinski definition) is 0. The van der Waals surface area contributed by atoms with Gasteiger partial charge in [0.25, 0.3) is 17.7 Å². The molecule has 1 saturated heterocycles. The van der Waals surface area contributed by atoms with E-state index in [4.69, 9.17) is 16.3 Å². The summed E-state index contributed by atoms with van der Waals surface area (Å²) in [6.45, 7) is 1.51. The molecule has 204 valence electrons. The molecule has 1 heterocycles. The third-order valence-corrected chi connectivity index (χ3v) is 7.67. The van der Waals surface area contributed by atoms with Gasteiger partial charge in [-0.2, -0.15) is 5.01 Å².